The van der Waals surface area contributed by atoms with Gasteiger partial charge < -0.3 is 14.2 Å². The van der Waals surface area contributed by atoms with Crippen molar-refractivity contribution in [2.24, 2.45) is 5.41 Å². The Kier molecular flexibility index (Phi) is 10.6. The highest BCUT2D eigenvalue weighted by Crippen LogP contribution is 2.36. The van der Waals surface area contributed by atoms with Gasteiger partial charge in [0.25, 0.3) is 5.56 Å². The minimum Gasteiger partial charge on any atom is -0.459 e. The smallest absolute Gasteiger partial charge is 0.416 e. The molecule has 0 unspecified atom stereocenters. The first-order chi connectivity index (χ1) is 23.2. The van der Waals surface area contributed by atoms with Gasteiger partial charge >= 0.3 is 24.1 Å². The zero-order valence-corrected chi connectivity index (χ0v) is 28.3. The van der Waals surface area contributed by atoms with Crippen molar-refractivity contribution in [2.75, 3.05) is 0 Å². The molecule has 0 bridgehead atoms. The van der Waals surface area contributed by atoms with Crippen molar-refractivity contribution >= 4 is 34.6 Å². The van der Waals surface area contributed by atoms with E-state index in [4.69, 9.17) is 14.2 Å². The molecule has 0 aliphatic rings. The van der Waals surface area contributed by atoms with Gasteiger partial charge in [-0.25, -0.2) is 9.48 Å². The lowest BCUT2D eigenvalue weighted by Crippen LogP contribution is -2.49. The number of hydrogen-bond donors (Lipinski definition) is 0. The van der Waals surface area contributed by atoms with Gasteiger partial charge in [0.15, 0.2) is 11.2 Å². The van der Waals surface area contributed by atoms with Crippen LogP contribution in [0.2, 0.25) is 0 Å². The third kappa shape index (κ3) is 9.18. The molecule has 4 rings (SSSR count). The fourth-order valence-corrected chi connectivity index (χ4v) is 4.79. The summed E-state index contributed by atoms with van der Waals surface area (Å²) < 4.78 is 57.1. The van der Waals surface area contributed by atoms with Gasteiger partial charge in [0.2, 0.25) is 0 Å². The second kappa shape index (κ2) is 14.2. The average molecular weight is 696 g/mol. The van der Waals surface area contributed by atoms with Gasteiger partial charge in [0, 0.05) is 18.5 Å². The van der Waals surface area contributed by atoms with E-state index in [1.165, 1.54) is 24.3 Å². The van der Waals surface area contributed by atoms with Crippen molar-refractivity contribution in [3.63, 3.8) is 0 Å². The number of esters is 3. The molecule has 0 N–H and O–H groups in total. The van der Waals surface area contributed by atoms with E-state index in [-0.39, 0.29) is 22.2 Å². The molecule has 0 saturated carbocycles. The molecule has 0 spiro atoms. The molecule has 0 aliphatic heterocycles. The largest absolute Gasteiger partial charge is 0.459 e. The lowest BCUT2D eigenvalue weighted by molar-refractivity contribution is -0.186. The van der Waals surface area contributed by atoms with Gasteiger partial charge in [-0.2, -0.15) is 13.2 Å². The Bertz CT molecular complexity index is 1930. The Morgan fingerprint density at radius 3 is 1.88 bits per heavy atom. The zero-order valence-electron chi connectivity index (χ0n) is 28.3. The van der Waals surface area contributed by atoms with E-state index >= 15 is 0 Å². The Balaban J connectivity index is 1.70. The fraction of sp³-hybridized carbons (Fsp3) is 0.361. The topological polar surface area (TPSA) is 144 Å². The molecule has 3 aromatic carbocycles. The summed E-state index contributed by atoms with van der Waals surface area (Å²) in [6.07, 6.45) is -5.97. The van der Waals surface area contributed by atoms with Crippen molar-refractivity contribution in [3.05, 3.63) is 99.8 Å². The zero-order chi connectivity index (χ0) is 37.1. The van der Waals surface area contributed by atoms with E-state index in [0.29, 0.717) is 11.6 Å². The number of aromatic nitrogens is 3. The first-order valence-electron chi connectivity index (χ1n) is 15.5. The molecule has 0 atom stereocenters. The molecule has 14 heteroatoms. The van der Waals surface area contributed by atoms with Crippen LogP contribution in [0.15, 0.2) is 77.6 Å². The Morgan fingerprint density at radius 1 is 0.760 bits per heavy atom. The summed E-state index contributed by atoms with van der Waals surface area (Å²) in [7, 11) is 0. The van der Waals surface area contributed by atoms with Crippen LogP contribution in [0.5, 0.6) is 5.75 Å². The van der Waals surface area contributed by atoms with E-state index < -0.39 is 77.0 Å². The van der Waals surface area contributed by atoms with Gasteiger partial charge in [-0.05, 0) is 103 Å². The molecule has 50 heavy (non-hydrogen) atoms. The van der Waals surface area contributed by atoms with E-state index in [2.05, 4.69) is 10.3 Å². The number of rotatable bonds is 10. The molecular weight excluding hydrogens is 659 g/mol. The van der Waals surface area contributed by atoms with Crippen molar-refractivity contribution in [2.45, 2.75) is 78.3 Å². The third-order valence-electron chi connectivity index (χ3n) is 7.24. The van der Waals surface area contributed by atoms with E-state index in [1.807, 2.05) is 0 Å². The highest BCUT2D eigenvalue weighted by atomic mass is 19.4. The van der Waals surface area contributed by atoms with Crippen LogP contribution in [0.25, 0.3) is 10.9 Å². The summed E-state index contributed by atoms with van der Waals surface area (Å²) in [6.45, 7) is 8.93. The van der Waals surface area contributed by atoms with Crippen LogP contribution < -0.4 is 10.3 Å². The molecule has 0 radical (unpaired) electrons. The van der Waals surface area contributed by atoms with Crippen LogP contribution >= 0.6 is 0 Å². The molecule has 0 fully saturated rings. The van der Waals surface area contributed by atoms with E-state index in [9.17, 15) is 37.1 Å². The van der Waals surface area contributed by atoms with Gasteiger partial charge in [-0.1, -0.05) is 23.4 Å². The van der Waals surface area contributed by atoms with E-state index in [0.717, 1.165) is 16.8 Å². The van der Waals surface area contributed by atoms with Crippen molar-refractivity contribution in [1.29, 1.82) is 0 Å². The molecule has 264 valence electrons. The number of hydrogen-bond acceptors (Lipinski definition) is 10. The normalized spacial score (nSPS) is 12.3. The van der Waals surface area contributed by atoms with Crippen LogP contribution in [0.1, 0.15) is 80.7 Å². The highest BCUT2D eigenvalue weighted by molar-refractivity contribution is 6.08. The molecular formula is C36H36F3N3O8. The van der Waals surface area contributed by atoms with E-state index in [1.54, 1.807) is 71.9 Å². The number of ketones is 1. The number of fused-ring (bicyclic) bond motifs is 1. The summed E-state index contributed by atoms with van der Waals surface area (Å²) in [6, 6.07) is 16.1. The number of alkyl halides is 3. The maximum absolute atomic E-state index is 14.0. The molecule has 1 heterocycles. The number of nitrogens with zero attached hydrogens (tertiary/aromatic N) is 3. The molecule has 0 saturated heterocycles. The lowest BCUT2D eigenvalue weighted by atomic mass is 9.78. The molecule has 4 aromatic rings. The Morgan fingerprint density at radius 2 is 1.34 bits per heavy atom. The van der Waals surface area contributed by atoms with Crippen LogP contribution in [0.4, 0.5) is 13.2 Å². The number of carbonyl (C=O) groups excluding carboxylic acids is 4. The summed E-state index contributed by atoms with van der Waals surface area (Å²) >= 11 is 0. The van der Waals surface area contributed by atoms with Crippen LogP contribution in [0.3, 0.4) is 0 Å². The highest BCUT2D eigenvalue weighted by Gasteiger charge is 2.52. The minimum atomic E-state index is -4.68. The number of aryl methyl sites for hydroxylation is 1. The van der Waals surface area contributed by atoms with Crippen LogP contribution in [-0.2, 0) is 31.8 Å². The summed E-state index contributed by atoms with van der Waals surface area (Å²) in [5, 5.41) is 7.33. The van der Waals surface area contributed by atoms with Crippen LogP contribution in [-0.4, -0.2) is 49.9 Å². The number of ether oxygens (including phenoxy) is 3. The minimum absolute atomic E-state index is 0.0594. The Hall–Kier alpha value is -5.40. The lowest BCUT2D eigenvalue weighted by Gasteiger charge is -2.34. The Labute approximate surface area is 285 Å². The second-order valence-electron chi connectivity index (χ2n) is 13.6. The van der Waals surface area contributed by atoms with Gasteiger partial charge in [-0.3, -0.25) is 19.2 Å². The number of Topliss-reactive ketones (excluding diaryl/α,β-unsaturated/α-hetero) is 1. The predicted molar refractivity (Wildman–Crippen MR) is 174 cm³/mol. The molecule has 1 aromatic heterocycles. The maximum atomic E-state index is 14.0. The van der Waals surface area contributed by atoms with Gasteiger partial charge in [0.1, 0.15) is 22.5 Å². The number of carbonyl (C=O) groups is 4. The van der Waals surface area contributed by atoms with Crippen molar-refractivity contribution in [3.8, 4) is 5.75 Å². The SMILES string of the molecule is CC(C)(C)OC(=O)C(CCn1nnc2cc(C(F)(F)F)ccc2c1=O)(CC(=O)c1ccc(OC(=O)c2ccccc2)cc1)C(=O)OC(C)(C)C. The average Bonchev–Trinajstić information content (AvgIpc) is 3.02. The fourth-order valence-electron chi connectivity index (χ4n) is 4.79. The quantitative estimate of drug-likeness (QED) is 0.0796. The summed E-state index contributed by atoms with van der Waals surface area (Å²) in [5.74, 6) is -3.36. The molecule has 0 aliphatic carbocycles. The van der Waals surface area contributed by atoms with Crippen molar-refractivity contribution in [1.82, 2.24) is 15.0 Å². The number of halogens is 3. The third-order valence-corrected chi connectivity index (χ3v) is 7.24. The summed E-state index contributed by atoms with van der Waals surface area (Å²) in [5.41, 5.74) is -6.34. The standard InChI is InChI=1S/C36H36F3N3O8/c1-33(2,3)49-31(46)35(32(47)50-34(4,5)6,18-19-42-29(44)26-17-14-24(36(37,38)39)20-27(26)40-41-42)21-28(43)22-12-15-25(16-13-22)48-30(45)23-10-8-7-9-11-23/h7-17,20H,18-19,21H2,1-6H3. The second-order valence-corrected chi connectivity index (χ2v) is 13.6. The van der Waals surface area contributed by atoms with Gasteiger partial charge in [0.05, 0.1) is 16.5 Å². The first kappa shape index (κ1) is 37.4. The summed E-state index contributed by atoms with van der Waals surface area (Å²) in [4.78, 5) is 67.5. The monoisotopic (exact) mass is 695 g/mol. The van der Waals surface area contributed by atoms with Gasteiger partial charge in [-0.15, -0.1) is 5.10 Å². The molecule has 11 nitrogen and oxygen atoms in total. The number of benzene rings is 3. The maximum Gasteiger partial charge on any atom is 0.416 e. The van der Waals surface area contributed by atoms with Crippen molar-refractivity contribution < 1.29 is 46.6 Å². The molecule has 0 amide bonds. The first-order valence-corrected chi connectivity index (χ1v) is 15.5. The van der Waals surface area contributed by atoms with Crippen LogP contribution in [0, 0.1) is 5.41 Å². The predicted octanol–water partition coefficient (Wildman–Crippen LogP) is 6.36.